The van der Waals surface area contributed by atoms with Crippen LogP contribution in [0, 0.1) is 6.92 Å². The number of anilines is 1. The Morgan fingerprint density at radius 3 is 2.48 bits per heavy atom. The lowest BCUT2D eigenvalue weighted by molar-refractivity contribution is -0.886. The van der Waals surface area contributed by atoms with Gasteiger partial charge in [-0.2, -0.15) is 0 Å². The monoisotopic (exact) mass is 315 g/mol. The summed E-state index contributed by atoms with van der Waals surface area (Å²) >= 11 is 0. The van der Waals surface area contributed by atoms with Crippen molar-refractivity contribution in [3.05, 3.63) is 53.5 Å². The minimum absolute atomic E-state index is 0.0158. The summed E-state index contributed by atoms with van der Waals surface area (Å²) < 4.78 is 5.55. The highest BCUT2D eigenvalue weighted by molar-refractivity contribution is 5.91. The quantitative estimate of drug-likeness (QED) is 0.825. The lowest BCUT2D eigenvalue weighted by Crippen LogP contribution is -3.08. The van der Waals surface area contributed by atoms with Crippen LogP contribution >= 0.6 is 0 Å². The normalized spacial score (nSPS) is 13.6. The number of furan rings is 1. The Balaban J connectivity index is 1.84. The van der Waals surface area contributed by atoms with Gasteiger partial charge >= 0.3 is 0 Å². The van der Waals surface area contributed by atoms with Gasteiger partial charge in [0.15, 0.2) is 12.3 Å². The topological polar surface area (TPSA) is 46.7 Å². The van der Waals surface area contributed by atoms with Crippen molar-refractivity contribution in [1.82, 2.24) is 0 Å². The average molecular weight is 315 g/mol. The molecule has 0 saturated carbocycles. The van der Waals surface area contributed by atoms with Crippen LogP contribution < -0.4 is 10.2 Å². The molecule has 4 nitrogen and oxygen atoms in total. The second-order valence-electron chi connectivity index (χ2n) is 6.30. The first-order valence-electron chi connectivity index (χ1n) is 8.24. The fourth-order valence-corrected chi connectivity index (χ4v) is 2.55. The molecule has 23 heavy (non-hydrogen) atoms. The summed E-state index contributed by atoms with van der Waals surface area (Å²) in [6.07, 6.45) is 1.12. The average Bonchev–Trinajstić information content (AvgIpc) is 2.91. The van der Waals surface area contributed by atoms with E-state index in [1.165, 1.54) is 5.56 Å². The molecule has 4 heteroatoms. The Morgan fingerprint density at radius 2 is 1.91 bits per heavy atom. The molecule has 0 aliphatic heterocycles. The second kappa shape index (κ2) is 7.97. The van der Waals surface area contributed by atoms with Crippen LogP contribution in [0.1, 0.15) is 43.3 Å². The zero-order valence-electron chi connectivity index (χ0n) is 14.5. The van der Waals surface area contributed by atoms with Gasteiger partial charge in [0.05, 0.1) is 7.05 Å². The van der Waals surface area contributed by atoms with Crippen molar-refractivity contribution in [2.24, 2.45) is 0 Å². The second-order valence-corrected chi connectivity index (χ2v) is 6.30. The first kappa shape index (κ1) is 17.3. The molecule has 0 radical (unpaired) electrons. The number of likely N-dealkylation sites (N-methyl/N-ethyl adjacent to an activating group) is 1. The summed E-state index contributed by atoms with van der Waals surface area (Å²) in [5.41, 5.74) is 2.16. The molecule has 1 amide bonds. The van der Waals surface area contributed by atoms with Crippen molar-refractivity contribution in [3.8, 4) is 0 Å². The van der Waals surface area contributed by atoms with Gasteiger partial charge < -0.3 is 14.6 Å². The van der Waals surface area contributed by atoms with E-state index in [0.29, 0.717) is 19.0 Å². The SMILES string of the molecule is CC[C@H](C)c1ccc(NC(=O)C[NH+](C)Cc2ccc(C)o2)cc1. The minimum Gasteiger partial charge on any atom is -0.460 e. The summed E-state index contributed by atoms with van der Waals surface area (Å²) in [5.74, 6) is 2.37. The van der Waals surface area contributed by atoms with Gasteiger partial charge in [-0.1, -0.05) is 26.0 Å². The molecule has 2 atom stereocenters. The number of benzene rings is 1. The molecule has 0 fully saturated rings. The fourth-order valence-electron chi connectivity index (χ4n) is 2.55. The maximum absolute atomic E-state index is 12.1. The third kappa shape index (κ3) is 5.25. The molecule has 2 N–H and O–H groups in total. The van der Waals surface area contributed by atoms with Crippen molar-refractivity contribution in [2.75, 3.05) is 18.9 Å². The van der Waals surface area contributed by atoms with Crippen molar-refractivity contribution in [1.29, 1.82) is 0 Å². The Labute approximate surface area is 138 Å². The van der Waals surface area contributed by atoms with E-state index in [2.05, 4.69) is 31.3 Å². The Morgan fingerprint density at radius 1 is 1.22 bits per heavy atom. The molecule has 2 aromatic rings. The highest BCUT2D eigenvalue weighted by Crippen LogP contribution is 2.20. The molecule has 1 aromatic heterocycles. The van der Waals surface area contributed by atoms with Crippen LogP contribution in [0.15, 0.2) is 40.8 Å². The third-order valence-corrected chi connectivity index (χ3v) is 4.11. The van der Waals surface area contributed by atoms with Crippen molar-refractivity contribution in [3.63, 3.8) is 0 Å². The van der Waals surface area contributed by atoms with Gasteiger partial charge in [-0.25, -0.2) is 0 Å². The molecule has 1 unspecified atom stereocenters. The minimum atomic E-state index is 0.0158. The van der Waals surface area contributed by atoms with E-state index in [1.807, 2.05) is 38.2 Å². The predicted molar refractivity (Wildman–Crippen MR) is 92.7 cm³/mol. The lowest BCUT2D eigenvalue weighted by Gasteiger charge is -2.13. The van der Waals surface area contributed by atoms with Crippen molar-refractivity contribution < 1.29 is 14.1 Å². The first-order chi connectivity index (χ1) is 11.0. The van der Waals surface area contributed by atoms with Crippen molar-refractivity contribution >= 4 is 11.6 Å². The number of aryl methyl sites for hydroxylation is 1. The van der Waals surface area contributed by atoms with Crippen LogP contribution in [0.2, 0.25) is 0 Å². The van der Waals surface area contributed by atoms with Crippen LogP contribution in [0.4, 0.5) is 5.69 Å². The fraction of sp³-hybridized carbons (Fsp3) is 0.421. The van der Waals surface area contributed by atoms with Gasteiger partial charge in [-0.15, -0.1) is 0 Å². The first-order valence-corrected chi connectivity index (χ1v) is 8.24. The van der Waals surface area contributed by atoms with E-state index < -0.39 is 0 Å². The van der Waals surface area contributed by atoms with Gasteiger partial charge in [0, 0.05) is 5.69 Å². The van der Waals surface area contributed by atoms with E-state index in [0.717, 1.165) is 28.5 Å². The number of nitrogens with one attached hydrogen (secondary N) is 2. The zero-order valence-corrected chi connectivity index (χ0v) is 14.5. The third-order valence-electron chi connectivity index (χ3n) is 4.11. The van der Waals surface area contributed by atoms with Gasteiger partial charge in [0.1, 0.15) is 12.3 Å². The maximum atomic E-state index is 12.1. The molecular formula is C19H27N2O2+. The Hall–Kier alpha value is -2.07. The Kier molecular flexibility index (Phi) is 5.99. The van der Waals surface area contributed by atoms with Gasteiger partial charge in [-0.05, 0) is 49.1 Å². The van der Waals surface area contributed by atoms with Crippen LogP contribution in [0.3, 0.4) is 0 Å². The molecule has 0 aliphatic carbocycles. The highest BCUT2D eigenvalue weighted by Gasteiger charge is 2.13. The van der Waals surface area contributed by atoms with Crippen LogP contribution in [-0.2, 0) is 11.3 Å². The van der Waals surface area contributed by atoms with Gasteiger partial charge in [0.25, 0.3) is 5.91 Å². The summed E-state index contributed by atoms with van der Waals surface area (Å²) in [7, 11) is 1.99. The zero-order chi connectivity index (χ0) is 16.8. The smallest absolute Gasteiger partial charge is 0.279 e. The largest absolute Gasteiger partial charge is 0.460 e. The maximum Gasteiger partial charge on any atom is 0.279 e. The number of hydrogen-bond donors (Lipinski definition) is 2. The number of carbonyl (C=O) groups excluding carboxylic acids is 1. The highest BCUT2D eigenvalue weighted by atomic mass is 16.3. The van der Waals surface area contributed by atoms with Crippen LogP contribution in [0.5, 0.6) is 0 Å². The van der Waals surface area contributed by atoms with E-state index >= 15 is 0 Å². The standard InChI is InChI=1S/C19H26N2O2/c1-5-14(2)16-7-9-17(10-8-16)20-19(22)13-21(4)12-18-11-6-15(3)23-18/h6-11,14H,5,12-13H2,1-4H3,(H,20,22)/p+1/t14-/m0/s1. The molecule has 2 rings (SSSR count). The number of carbonyl (C=O) groups is 1. The lowest BCUT2D eigenvalue weighted by atomic mass is 9.99. The van der Waals surface area contributed by atoms with E-state index in [9.17, 15) is 4.79 Å². The molecule has 0 saturated heterocycles. The van der Waals surface area contributed by atoms with Crippen LogP contribution in [0.25, 0.3) is 0 Å². The number of hydrogen-bond acceptors (Lipinski definition) is 2. The summed E-state index contributed by atoms with van der Waals surface area (Å²) in [6.45, 7) is 7.43. The number of quaternary nitrogens is 1. The molecule has 1 aromatic carbocycles. The number of amides is 1. The molecule has 0 aliphatic rings. The molecular weight excluding hydrogens is 288 g/mol. The summed E-state index contributed by atoms with van der Waals surface area (Å²) in [6, 6.07) is 12.0. The molecule has 0 spiro atoms. The Bertz CT molecular complexity index is 631. The van der Waals surface area contributed by atoms with Gasteiger partial charge in [0.2, 0.25) is 0 Å². The summed E-state index contributed by atoms with van der Waals surface area (Å²) in [5, 5.41) is 2.96. The molecule has 0 bridgehead atoms. The van der Waals surface area contributed by atoms with Crippen LogP contribution in [-0.4, -0.2) is 19.5 Å². The van der Waals surface area contributed by atoms with Gasteiger partial charge in [-0.3, -0.25) is 4.79 Å². The van der Waals surface area contributed by atoms with E-state index in [1.54, 1.807) is 0 Å². The van der Waals surface area contributed by atoms with E-state index in [4.69, 9.17) is 4.42 Å². The molecule has 124 valence electrons. The number of rotatable bonds is 7. The summed E-state index contributed by atoms with van der Waals surface area (Å²) in [4.78, 5) is 13.2. The predicted octanol–water partition coefficient (Wildman–Crippen LogP) is 2.75. The van der Waals surface area contributed by atoms with Crippen molar-refractivity contribution in [2.45, 2.75) is 39.7 Å². The molecule has 1 heterocycles. The van der Waals surface area contributed by atoms with E-state index in [-0.39, 0.29) is 5.91 Å².